The van der Waals surface area contributed by atoms with Gasteiger partial charge in [0.1, 0.15) is 0 Å². The van der Waals surface area contributed by atoms with Gasteiger partial charge in [-0.05, 0) is 39.5 Å². The van der Waals surface area contributed by atoms with Crippen molar-refractivity contribution < 1.29 is 4.74 Å². The molecule has 2 atom stereocenters. The van der Waals surface area contributed by atoms with Crippen LogP contribution in [0.1, 0.15) is 39.5 Å². The van der Waals surface area contributed by atoms with E-state index in [2.05, 4.69) is 11.0 Å². The first-order valence-electron chi connectivity index (χ1n) is 6.39. The first kappa shape index (κ1) is 11.9. The first-order valence-corrected chi connectivity index (χ1v) is 6.39. The van der Waals surface area contributed by atoms with E-state index in [0.29, 0.717) is 12.1 Å². The van der Waals surface area contributed by atoms with E-state index in [4.69, 9.17) is 10.00 Å². The molecule has 1 aliphatic carbocycles. The molecular formula is C13H22N2O. The van der Waals surface area contributed by atoms with Crippen LogP contribution >= 0.6 is 0 Å². The highest BCUT2D eigenvalue weighted by molar-refractivity contribution is 4.94. The van der Waals surface area contributed by atoms with Gasteiger partial charge in [0.15, 0.2) is 0 Å². The van der Waals surface area contributed by atoms with Gasteiger partial charge >= 0.3 is 0 Å². The van der Waals surface area contributed by atoms with Gasteiger partial charge in [0.25, 0.3) is 0 Å². The molecule has 0 aromatic heterocycles. The minimum absolute atomic E-state index is 0.188. The van der Waals surface area contributed by atoms with E-state index < -0.39 is 0 Å². The summed E-state index contributed by atoms with van der Waals surface area (Å²) in [6, 6.07) is 3.01. The number of morpholine rings is 1. The second-order valence-corrected chi connectivity index (χ2v) is 5.69. The van der Waals surface area contributed by atoms with E-state index in [9.17, 15) is 0 Å². The molecule has 3 nitrogen and oxygen atoms in total. The van der Waals surface area contributed by atoms with Crippen LogP contribution in [0.3, 0.4) is 0 Å². The Labute approximate surface area is 98.4 Å². The van der Waals surface area contributed by atoms with Gasteiger partial charge < -0.3 is 4.74 Å². The minimum atomic E-state index is -0.188. The molecule has 0 amide bonds. The highest BCUT2D eigenvalue weighted by Crippen LogP contribution is 2.30. The van der Waals surface area contributed by atoms with Crippen LogP contribution in [0.25, 0.3) is 0 Å². The zero-order valence-electron chi connectivity index (χ0n) is 10.4. The normalized spacial score (nSPS) is 31.1. The van der Waals surface area contributed by atoms with E-state index in [1.54, 1.807) is 0 Å². The second kappa shape index (κ2) is 4.73. The fourth-order valence-electron chi connectivity index (χ4n) is 2.76. The van der Waals surface area contributed by atoms with Crippen LogP contribution in [0, 0.1) is 16.7 Å². The molecule has 1 heterocycles. The quantitative estimate of drug-likeness (QED) is 0.734. The van der Waals surface area contributed by atoms with Crippen molar-refractivity contribution in [2.75, 3.05) is 19.7 Å². The van der Waals surface area contributed by atoms with Gasteiger partial charge in [-0.25, -0.2) is 0 Å². The Bertz CT molecular complexity index is 282. The zero-order chi connectivity index (χ0) is 11.6. The molecule has 0 aromatic rings. The van der Waals surface area contributed by atoms with E-state index in [1.165, 1.54) is 19.3 Å². The average Bonchev–Trinajstić information content (AvgIpc) is 2.75. The van der Waals surface area contributed by atoms with Crippen molar-refractivity contribution in [1.29, 1.82) is 5.26 Å². The van der Waals surface area contributed by atoms with Crippen molar-refractivity contribution in [3.63, 3.8) is 0 Å². The molecule has 2 fully saturated rings. The Hall–Kier alpha value is -0.590. The Kier molecular flexibility index (Phi) is 3.51. The van der Waals surface area contributed by atoms with Crippen molar-refractivity contribution >= 4 is 0 Å². The third kappa shape index (κ3) is 2.56. The van der Waals surface area contributed by atoms with Gasteiger partial charge in [-0.1, -0.05) is 0 Å². The number of nitriles is 1. The lowest BCUT2D eigenvalue weighted by atomic mass is 9.91. The minimum Gasteiger partial charge on any atom is -0.375 e. The van der Waals surface area contributed by atoms with Gasteiger partial charge in [0, 0.05) is 19.1 Å². The Balaban J connectivity index is 1.87. The summed E-state index contributed by atoms with van der Waals surface area (Å²) in [4.78, 5) is 2.54. The molecule has 2 rings (SSSR count). The van der Waals surface area contributed by atoms with Gasteiger partial charge in [0.05, 0.1) is 24.2 Å². The molecule has 16 heavy (non-hydrogen) atoms. The lowest BCUT2D eigenvalue weighted by molar-refractivity contribution is -0.0574. The highest BCUT2D eigenvalue weighted by atomic mass is 16.5. The summed E-state index contributed by atoms with van der Waals surface area (Å²) >= 11 is 0. The van der Waals surface area contributed by atoms with E-state index in [-0.39, 0.29) is 5.41 Å². The van der Waals surface area contributed by atoms with E-state index >= 15 is 0 Å². The third-order valence-electron chi connectivity index (χ3n) is 3.92. The standard InChI is InChI=1S/C13H22N2O/c1-13(2,10-14)6-7-15-8-9-16-12-5-3-4-11(12)15/h11-12H,3-9H2,1-2H3. The summed E-state index contributed by atoms with van der Waals surface area (Å²) in [5, 5.41) is 9.02. The Morgan fingerprint density at radius 2 is 2.25 bits per heavy atom. The Morgan fingerprint density at radius 3 is 3.00 bits per heavy atom. The monoisotopic (exact) mass is 222 g/mol. The molecule has 1 saturated heterocycles. The van der Waals surface area contributed by atoms with Gasteiger partial charge in [-0.2, -0.15) is 5.26 Å². The van der Waals surface area contributed by atoms with Crippen LogP contribution in [0.4, 0.5) is 0 Å². The lowest BCUT2D eigenvalue weighted by Gasteiger charge is -2.38. The summed E-state index contributed by atoms with van der Waals surface area (Å²) < 4.78 is 5.78. The van der Waals surface area contributed by atoms with Crippen molar-refractivity contribution in [2.24, 2.45) is 5.41 Å². The van der Waals surface area contributed by atoms with E-state index in [1.807, 2.05) is 13.8 Å². The molecule has 0 radical (unpaired) electrons. The second-order valence-electron chi connectivity index (χ2n) is 5.69. The summed E-state index contributed by atoms with van der Waals surface area (Å²) in [6.07, 6.45) is 5.24. The summed E-state index contributed by atoms with van der Waals surface area (Å²) in [7, 11) is 0. The molecule has 1 aliphatic heterocycles. The maximum Gasteiger partial charge on any atom is 0.0730 e. The summed E-state index contributed by atoms with van der Waals surface area (Å²) in [5.74, 6) is 0. The van der Waals surface area contributed by atoms with Crippen molar-refractivity contribution in [3.8, 4) is 6.07 Å². The van der Waals surface area contributed by atoms with Crippen LogP contribution in [0.5, 0.6) is 0 Å². The number of hydrogen-bond donors (Lipinski definition) is 0. The molecule has 2 aliphatic rings. The van der Waals surface area contributed by atoms with Crippen LogP contribution in [0.2, 0.25) is 0 Å². The smallest absolute Gasteiger partial charge is 0.0730 e. The van der Waals surface area contributed by atoms with Crippen LogP contribution in [-0.2, 0) is 4.74 Å². The largest absolute Gasteiger partial charge is 0.375 e. The first-order chi connectivity index (χ1) is 7.62. The topological polar surface area (TPSA) is 36.3 Å². The average molecular weight is 222 g/mol. The number of nitrogens with zero attached hydrogens (tertiary/aromatic N) is 2. The number of fused-ring (bicyclic) bond motifs is 1. The van der Waals surface area contributed by atoms with E-state index in [0.717, 1.165) is 26.1 Å². The SMILES string of the molecule is CC(C)(C#N)CCN1CCOC2CCCC21. The van der Waals surface area contributed by atoms with Gasteiger partial charge in [-0.3, -0.25) is 4.90 Å². The predicted molar refractivity (Wildman–Crippen MR) is 63.0 cm³/mol. The van der Waals surface area contributed by atoms with Crippen LogP contribution < -0.4 is 0 Å². The van der Waals surface area contributed by atoms with Gasteiger partial charge in [0.2, 0.25) is 0 Å². The fourth-order valence-corrected chi connectivity index (χ4v) is 2.76. The molecule has 2 unspecified atom stereocenters. The van der Waals surface area contributed by atoms with Gasteiger partial charge in [-0.15, -0.1) is 0 Å². The van der Waals surface area contributed by atoms with Crippen molar-refractivity contribution in [3.05, 3.63) is 0 Å². The summed E-state index contributed by atoms with van der Waals surface area (Å²) in [6.45, 7) is 7.01. The molecule has 1 saturated carbocycles. The fraction of sp³-hybridized carbons (Fsp3) is 0.923. The molecule has 90 valence electrons. The van der Waals surface area contributed by atoms with Crippen LogP contribution in [-0.4, -0.2) is 36.7 Å². The molecule has 3 heteroatoms. The summed E-state index contributed by atoms with van der Waals surface area (Å²) in [5.41, 5.74) is -0.188. The molecule has 0 N–H and O–H groups in total. The highest BCUT2D eigenvalue weighted by Gasteiger charge is 2.36. The predicted octanol–water partition coefficient (Wildman–Crippen LogP) is 2.18. The Morgan fingerprint density at radius 1 is 1.44 bits per heavy atom. The molecule has 0 bridgehead atoms. The third-order valence-corrected chi connectivity index (χ3v) is 3.92. The van der Waals surface area contributed by atoms with Crippen molar-refractivity contribution in [2.45, 2.75) is 51.7 Å². The molecular weight excluding hydrogens is 200 g/mol. The lowest BCUT2D eigenvalue weighted by Crippen LogP contribution is -2.49. The van der Waals surface area contributed by atoms with Crippen LogP contribution in [0.15, 0.2) is 0 Å². The number of rotatable bonds is 3. The maximum absolute atomic E-state index is 9.02. The molecule has 0 spiro atoms. The van der Waals surface area contributed by atoms with Crippen molar-refractivity contribution in [1.82, 2.24) is 4.90 Å². The number of hydrogen-bond acceptors (Lipinski definition) is 3. The molecule has 0 aromatic carbocycles. The zero-order valence-corrected chi connectivity index (χ0v) is 10.4. The maximum atomic E-state index is 9.02. The number of ether oxygens (including phenoxy) is 1.